The minimum absolute atomic E-state index is 0.0938. The molecule has 0 aromatic heterocycles. The van der Waals surface area contributed by atoms with E-state index in [0.717, 1.165) is 43.2 Å². The number of aliphatic hydroxyl groups is 1. The van der Waals surface area contributed by atoms with E-state index in [9.17, 15) is 14.7 Å². The number of hydrogen-bond donors (Lipinski definition) is 1. The zero-order valence-electron chi connectivity index (χ0n) is 17.8. The van der Waals surface area contributed by atoms with Crippen molar-refractivity contribution in [2.45, 2.75) is 64.5 Å². The van der Waals surface area contributed by atoms with Gasteiger partial charge in [-0.05, 0) is 72.8 Å². The van der Waals surface area contributed by atoms with E-state index in [2.05, 4.69) is 24.3 Å². The summed E-state index contributed by atoms with van der Waals surface area (Å²) in [4.78, 5) is 26.1. The molecule has 0 radical (unpaired) electrons. The van der Waals surface area contributed by atoms with E-state index in [-0.39, 0.29) is 11.7 Å². The van der Waals surface area contributed by atoms with Crippen molar-refractivity contribution in [2.75, 3.05) is 6.54 Å². The van der Waals surface area contributed by atoms with E-state index in [1.165, 1.54) is 16.7 Å². The maximum Gasteiger partial charge on any atom is 0.219 e. The molecule has 4 rings (SSSR count). The van der Waals surface area contributed by atoms with Crippen LogP contribution in [-0.4, -0.2) is 34.3 Å². The lowest BCUT2D eigenvalue weighted by atomic mass is 9.93. The number of fused-ring (bicyclic) bond motifs is 2. The molecule has 30 heavy (non-hydrogen) atoms. The minimum Gasteiger partial charge on any atom is -0.393 e. The van der Waals surface area contributed by atoms with Crippen molar-refractivity contribution >= 4 is 11.7 Å². The van der Waals surface area contributed by atoms with Crippen molar-refractivity contribution in [1.29, 1.82) is 0 Å². The Morgan fingerprint density at radius 3 is 2.47 bits per heavy atom. The summed E-state index contributed by atoms with van der Waals surface area (Å²) in [6.45, 7) is 2.94. The SMILES string of the molecule is CC(=O)N1CCc2cc(C(=O)CCC(O)CCC3Cc4ccccc4C3)ccc2C1. The number of rotatable bonds is 7. The summed E-state index contributed by atoms with van der Waals surface area (Å²) in [5.41, 5.74) is 5.92. The molecule has 1 aliphatic heterocycles. The molecule has 4 nitrogen and oxygen atoms in total. The summed E-state index contributed by atoms with van der Waals surface area (Å²) in [5, 5.41) is 10.4. The number of amides is 1. The van der Waals surface area contributed by atoms with E-state index < -0.39 is 6.10 Å². The number of ketones is 1. The predicted octanol–water partition coefficient (Wildman–Crippen LogP) is 4.11. The molecule has 1 atom stereocenters. The Balaban J connectivity index is 1.23. The second-order valence-electron chi connectivity index (χ2n) is 8.91. The summed E-state index contributed by atoms with van der Waals surface area (Å²) in [5.74, 6) is 0.804. The summed E-state index contributed by atoms with van der Waals surface area (Å²) in [6, 6.07) is 14.4. The van der Waals surface area contributed by atoms with Gasteiger partial charge in [0.15, 0.2) is 5.78 Å². The van der Waals surface area contributed by atoms with Crippen molar-refractivity contribution < 1.29 is 14.7 Å². The van der Waals surface area contributed by atoms with Gasteiger partial charge in [-0.15, -0.1) is 0 Å². The van der Waals surface area contributed by atoms with E-state index in [1.54, 1.807) is 6.92 Å². The molecule has 1 aliphatic carbocycles. The molecular formula is C26H31NO3. The number of hydrogen-bond acceptors (Lipinski definition) is 3. The van der Waals surface area contributed by atoms with Crippen LogP contribution >= 0.6 is 0 Å². The molecule has 1 N–H and O–H groups in total. The number of Topliss-reactive ketones (excluding diaryl/α,β-unsaturated/α-hetero) is 1. The van der Waals surface area contributed by atoms with E-state index in [0.29, 0.717) is 31.8 Å². The molecular weight excluding hydrogens is 374 g/mol. The predicted molar refractivity (Wildman–Crippen MR) is 117 cm³/mol. The van der Waals surface area contributed by atoms with Gasteiger partial charge in [0.25, 0.3) is 0 Å². The highest BCUT2D eigenvalue weighted by Gasteiger charge is 2.22. The highest BCUT2D eigenvalue weighted by Crippen LogP contribution is 2.30. The Kier molecular flexibility index (Phi) is 6.33. The normalized spacial score (nSPS) is 16.8. The lowest BCUT2D eigenvalue weighted by Gasteiger charge is -2.28. The number of carbonyl (C=O) groups is 2. The van der Waals surface area contributed by atoms with Gasteiger partial charge < -0.3 is 10.0 Å². The Bertz CT molecular complexity index is 911. The zero-order valence-corrected chi connectivity index (χ0v) is 17.8. The third-order valence-electron chi connectivity index (χ3n) is 6.73. The smallest absolute Gasteiger partial charge is 0.219 e. The fourth-order valence-electron chi connectivity index (χ4n) is 4.86. The van der Waals surface area contributed by atoms with Gasteiger partial charge in [0.1, 0.15) is 0 Å². The van der Waals surface area contributed by atoms with E-state index in [1.807, 2.05) is 23.1 Å². The molecule has 2 aromatic rings. The molecule has 4 heteroatoms. The maximum absolute atomic E-state index is 12.6. The summed E-state index contributed by atoms with van der Waals surface area (Å²) >= 11 is 0. The van der Waals surface area contributed by atoms with E-state index in [4.69, 9.17) is 0 Å². The van der Waals surface area contributed by atoms with Gasteiger partial charge in [0.05, 0.1) is 6.10 Å². The van der Waals surface area contributed by atoms with Crippen LogP contribution in [0.4, 0.5) is 0 Å². The van der Waals surface area contributed by atoms with Gasteiger partial charge in [-0.3, -0.25) is 9.59 Å². The molecule has 0 spiro atoms. The number of benzene rings is 2. The highest BCUT2D eigenvalue weighted by molar-refractivity contribution is 5.96. The first-order valence-electron chi connectivity index (χ1n) is 11.1. The van der Waals surface area contributed by atoms with Crippen LogP contribution in [0.15, 0.2) is 42.5 Å². The molecule has 1 unspecified atom stereocenters. The average Bonchev–Trinajstić information content (AvgIpc) is 3.18. The first kappa shape index (κ1) is 20.8. The highest BCUT2D eigenvalue weighted by atomic mass is 16.3. The average molecular weight is 406 g/mol. The Morgan fingerprint density at radius 2 is 1.77 bits per heavy atom. The zero-order chi connectivity index (χ0) is 21.1. The maximum atomic E-state index is 12.6. The van der Waals surface area contributed by atoms with Crippen molar-refractivity contribution in [1.82, 2.24) is 4.90 Å². The van der Waals surface area contributed by atoms with Gasteiger partial charge >= 0.3 is 0 Å². The van der Waals surface area contributed by atoms with Crippen LogP contribution in [0.1, 0.15) is 65.2 Å². The van der Waals surface area contributed by atoms with Crippen LogP contribution in [0.25, 0.3) is 0 Å². The van der Waals surface area contributed by atoms with Gasteiger partial charge in [-0.2, -0.15) is 0 Å². The molecule has 0 saturated heterocycles. The number of carbonyl (C=O) groups excluding carboxylic acids is 2. The van der Waals surface area contributed by atoms with Gasteiger partial charge in [0, 0.05) is 32.0 Å². The second-order valence-corrected chi connectivity index (χ2v) is 8.91. The number of aliphatic hydroxyl groups excluding tert-OH is 1. The van der Waals surface area contributed by atoms with Crippen molar-refractivity contribution in [3.05, 3.63) is 70.3 Å². The second kappa shape index (κ2) is 9.13. The summed E-state index contributed by atoms with van der Waals surface area (Å²) in [7, 11) is 0. The third kappa shape index (κ3) is 4.81. The standard InChI is InChI=1S/C26H31NO3/c1-18(28)27-13-12-22-16-23(7-8-24(22)17-27)26(30)11-10-25(29)9-6-19-14-20-4-2-3-5-21(20)15-19/h2-5,7-8,16,19,25,29H,6,9-15,17H2,1H3. The van der Waals surface area contributed by atoms with Gasteiger partial charge in [0.2, 0.25) is 5.91 Å². The molecule has 1 amide bonds. The molecule has 2 aromatic carbocycles. The van der Waals surface area contributed by atoms with Gasteiger partial charge in [-0.25, -0.2) is 0 Å². The summed E-state index contributed by atoms with van der Waals surface area (Å²) < 4.78 is 0. The van der Waals surface area contributed by atoms with Crippen LogP contribution in [0.5, 0.6) is 0 Å². The Hall–Kier alpha value is -2.46. The van der Waals surface area contributed by atoms with Crippen LogP contribution in [-0.2, 0) is 30.6 Å². The van der Waals surface area contributed by atoms with E-state index >= 15 is 0 Å². The molecule has 1 heterocycles. The lowest BCUT2D eigenvalue weighted by Crippen LogP contribution is -2.34. The van der Waals surface area contributed by atoms with Crippen molar-refractivity contribution in [2.24, 2.45) is 5.92 Å². The fourth-order valence-corrected chi connectivity index (χ4v) is 4.86. The molecule has 0 fully saturated rings. The molecule has 0 saturated carbocycles. The van der Waals surface area contributed by atoms with Crippen LogP contribution in [0, 0.1) is 5.92 Å². The van der Waals surface area contributed by atoms with Gasteiger partial charge in [-0.1, -0.05) is 36.4 Å². The minimum atomic E-state index is -0.417. The first-order valence-corrected chi connectivity index (χ1v) is 11.1. The van der Waals surface area contributed by atoms with Crippen LogP contribution in [0.3, 0.4) is 0 Å². The molecule has 158 valence electrons. The Labute approximate surface area is 178 Å². The Morgan fingerprint density at radius 1 is 1.03 bits per heavy atom. The van der Waals surface area contributed by atoms with Crippen LogP contribution < -0.4 is 0 Å². The summed E-state index contributed by atoms with van der Waals surface area (Å²) in [6.07, 6.45) is 5.27. The monoisotopic (exact) mass is 405 g/mol. The quantitative estimate of drug-likeness (QED) is 0.705. The van der Waals surface area contributed by atoms with Crippen molar-refractivity contribution in [3.63, 3.8) is 0 Å². The lowest BCUT2D eigenvalue weighted by molar-refractivity contribution is -0.129. The van der Waals surface area contributed by atoms with Crippen molar-refractivity contribution in [3.8, 4) is 0 Å². The molecule has 0 bridgehead atoms. The van der Waals surface area contributed by atoms with Crippen LogP contribution in [0.2, 0.25) is 0 Å². The largest absolute Gasteiger partial charge is 0.393 e. The third-order valence-corrected chi connectivity index (χ3v) is 6.73. The molecule has 2 aliphatic rings. The first-order chi connectivity index (χ1) is 14.5. The fraction of sp³-hybridized carbons (Fsp3) is 0.462. The topological polar surface area (TPSA) is 57.6 Å². The number of nitrogens with zero attached hydrogens (tertiary/aromatic N) is 1.